The predicted octanol–water partition coefficient (Wildman–Crippen LogP) is 15.0. The zero-order valence-corrected chi connectivity index (χ0v) is 38.3. The number of hydrogen-bond acceptors (Lipinski definition) is 2. The zero-order valence-electron chi connectivity index (χ0n) is 38.3. The third kappa shape index (κ3) is 9.43. The normalized spacial score (nSPS) is 42.1. The Morgan fingerprint density at radius 3 is 2.00 bits per heavy atom. The quantitative estimate of drug-likeness (QED) is 0.205. The minimum atomic E-state index is -0.172. The first kappa shape index (κ1) is 44.4. The van der Waals surface area contributed by atoms with Crippen LogP contribution in [0.1, 0.15) is 204 Å². The molecule has 0 bridgehead atoms. The van der Waals surface area contributed by atoms with Crippen molar-refractivity contribution in [2.24, 2.45) is 75.4 Å². The Hall–Kier alpha value is -1.12. The molecule has 0 aromatic carbocycles. The maximum atomic E-state index is 10.2. The molecule has 318 valence electrons. The average molecular weight is 771 g/mol. The monoisotopic (exact) mass is 771 g/mol. The summed E-state index contributed by atoms with van der Waals surface area (Å²) in [5.41, 5.74) is 7.32. The van der Waals surface area contributed by atoms with E-state index in [1.54, 1.807) is 11.1 Å². The first-order chi connectivity index (χ1) is 26.6. The summed E-state index contributed by atoms with van der Waals surface area (Å²) in [6.07, 6.45) is 35.4. The molecule has 0 amide bonds. The summed E-state index contributed by atoms with van der Waals surface area (Å²) in [4.78, 5) is 0. The van der Waals surface area contributed by atoms with Crippen LogP contribution >= 0.6 is 0 Å². The molecule has 0 unspecified atom stereocenters. The highest BCUT2D eigenvalue weighted by atomic mass is 16.3. The van der Waals surface area contributed by atoms with Crippen molar-refractivity contribution in [3.8, 4) is 0 Å². The topological polar surface area (TPSA) is 40.5 Å². The van der Waals surface area contributed by atoms with Crippen molar-refractivity contribution in [3.05, 3.63) is 47.1 Å². The molecule has 2 nitrogen and oxygen atoms in total. The molecular formula is C54H90O2. The van der Waals surface area contributed by atoms with Crippen molar-refractivity contribution < 1.29 is 10.2 Å². The van der Waals surface area contributed by atoms with Gasteiger partial charge < -0.3 is 10.2 Å². The van der Waals surface area contributed by atoms with E-state index in [1.165, 1.54) is 120 Å². The van der Waals surface area contributed by atoms with Crippen LogP contribution in [-0.2, 0) is 0 Å². The van der Waals surface area contributed by atoms with Crippen LogP contribution in [0.3, 0.4) is 0 Å². The summed E-state index contributed by atoms with van der Waals surface area (Å²) in [5.74, 6) is 8.83. The van der Waals surface area contributed by atoms with Gasteiger partial charge in [0.2, 0.25) is 0 Å². The second kappa shape index (κ2) is 18.7. The highest BCUT2D eigenvalue weighted by Crippen LogP contribution is 2.67. The minimum absolute atomic E-state index is 0.0766. The largest absolute Gasteiger partial charge is 0.393 e. The van der Waals surface area contributed by atoms with Crippen LogP contribution < -0.4 is 0 Å². The Balaban J connectivity index is 0.000000190. The van der Waals surface area contributed by atoms with E-state index in [2.05, 4.69) is 87.1 Å². The molecule has 0 aromatic rings. The van der Waals surface area contributed by atoms with Crippen LogP contribution in [-0.4, -0.2) is 22.4 Å². The maximum Gasteiger partial charge on any atom is 0.0583 e. The number of rotatable bonds is 11. The van der Waals surface area contributed by atoms with E-state index in [-0.39, 0.29) is 12.2 Å². The van der Waals surface area contributed by atoms with E-state index < -0.39 is 0 Å². The van der Waals surface area contributed by atoms with Crippen LogP contribution in [0.15, 0.2) is 47.1 Å². The molecule has 7 aliphatic carbocycles. The van der Waals surface area contributed by atoms with E-state index in [9.17, 15) is 10.2 Å². The van der Waals surface area contributed by atoms with Gasteiger partial charge >= 0.3 is 0 Å². The summed E-state index contributed by atoms with van der Waals surface area (Å²) >= 11 is 0. The molecular weight excluding hydrogens is 681 g/mol. The summed E-state index contributed by atoms with van der Waals surface area (Å²) in [7, 11) is 0. The first-order valence-corrected chi connectivity index (χ1v) is 24.7. The van der Waals surface area contributed by atoms with Gasteiger partial charge in [-0.25, -0.2) is 0 Å². The van der Waals surface area contributed by atoms with Crippen molar-refractivity contribution >= 4 is 0 Å². The van der Waals surface area contributed by atoms with E-state index in [1.807, 2.05) is 0 Å². The van der Waals surface area contributed by atoms with Gasteiger partial charge in [0.15, 0.2) is 0 Å². The Morgan fingerprint density at radius 2 is 1.32 bits per heavy atom. The molecule has 0 spiro atoms. The van der Waals surface area contributed by atoms with Gasteiger partial charge in [-0.15, -0.1) is 0 Å². The smallest absolute Gasteiger partial charge is 0.0583 e. The van der Waals surface area contributed by atoms with Gasteiger partial charge in [-0.2, -0.15) is 0 Å². The summed E-state index contributed by atoms with van der Waals surface area (Å²) < 4.78 is 0. The van der Waals surface area contributed by atoms with Crippen molar-refractivity contribution in [1.82, 2.24) is 0 Å². The van der Waals surface area contributed by atoms with E-state index in [0.29, 0.717) is 16.2 Å². The lowest BCUT2D eigenvalue weighted by atomic mass is 9.47. The van der Waals surface area contributed by atoms with E-state index >= 15 is 0 Å². The van der Waals surface area contributed by atoms with Crippen molar-refractivity contribution in [2.75, 3.05) is 0 Å². The lowest BCUT2D eigenvalue weighted by Gasteiger charge is -2.58. The molecule has 56 heavy (non-hydrogen) atoms. The van der Waals surface area contributed by atoms with Crippen molar-refractivity contribution in [2.45, 2.75) is 216 Å². The second-order valence-electron chi connectivity index (χ2n) is 23.0. The van der Waals surface area contributed by atoms with Crippen LogP contribution in [0, 0.1) is 75.4 Å². The van der Waals surface area contributed by atoms with Gasteiger partial charge in [0, 0.05) is 0 Å². The standard InChI is InChI=1S/C27H46O.C27H44O/c1-18(2)7-6-8-19(3)23-11-12-24-22-10-9-20-17-21(28)13-15-26(20,4)25(22)14-16-27(23,24)5;1-19(2)8-6-9-21(4)25-15-16-26-22(10-7-17-27(25,26)5)12-13-23-18-24(28)14-11-20(23)3/h9,18-19,21-25,28H,6-8,10-17H2,1-5H3;12-13,19,21,24-26,28H,3,6-11,14-18H2,1-2,4-5H3/b;22-12?,23-13-/t19-,21+,22+,23-,24+,25+,26+,27-;21-,24+,25-,26+,27-/m11/s1. The van der Waals surface area contributed by atoms with Crippen LogP contribution in [0.2, 0.25) is 0 Å². The van der Waals surface area contributed by atoms with Gasteiger partial charge in [-0.3, -0.25) is 0 Å². The van der Waals surface area contributed by atoms with Crippen LogP contribution in [0.25, 0.3) is 0 Å². The fraction of sp³-hybridized carbons (Fsp3) is 0.852. The molecule has 0 radical (unpaired) electrons. The molecule has 6 fully saturated rings. The average Bonchev–Trinajstić information content (AvgIpc) is 3.69. The Bertz CT molecular complexity index is 1410. The molecule has 0 aromatic heterocycles. The lowest BCUT2D eigenvalue weighted by Crippen LogP contribution is -2.50. The van der Waals surface area contributed by atoms with E-state index in [4.69, 9.17) is 0 Å². The molecule has 2 heteroatoms. The third-order valence-corrected chi connectivity index (χ3v) is 18.6. The molecule has 2 N–H and O–H groups in total. The zero-order chi connectivity index (χ0) is 40.4. The highest BCUT2D eigenvalue weighted by Gasteiger charge is 2.59. The molecule has 6 saturated carbocycles. The van der Waals surface area contributed by atoms with Gasteiger partial charge in [0.1, 0.15) is 0 Å². The predicted molar refractivity (Wildman–Crippen MR) is 240 cm³/mol. The Kier molecular flexibility index (Phi) is 14.8. The maximum absolute atomic E-state index is 10.2. The Labute approximate surface area is 347 Å². The summed E-state index contributed by atoms with van der Waals surface area (Å²) in [6.45, 7) is 26.7. The van der Waals surface area contributed by atoms with Crippen molar-refractivity contribution in [1.29, 1.82) is 0 Å². The number of aliphatic hydroxyl groups excluding tert-OH is 2. The minimum Gasteiger partial charge on any atom is -0.393 e. The first-order valence-electron chi connectivity index (χ1n) is 24.7. The summed E-state index contributed by atoms with van der Waals surface area (Å²) in [5, 5.41) is 20.2. The van der Waals surface area contributed by atoms with Gasteiger partial charge in [0.05, 0.1) is 12.2 Å². The second-order valence-corrected chi connectivity index (χ2v) is 23.0. The Morgan fingerprint density at radius 1 is 0.679 bits per heavy atom. The van der Waals surface area contributed by atoms with Crippen LogP contribution in [0.4, 0.5) is 0 Å². The third-order valence-electron chi connectivity index (χ3n) is 18.6. The molecule has 7 aliphatic rings. The number of fused-ring (bicyclic) bond motifs is 6. The molecule has 0 saturated heterocycles. The lowest BCUT2D eigenvalue weighted by molar-refractivity contribution is -0.0573. The molecule has 0 heterocycles. The van der Waals surface area contributed by atoms with Gasteiger partial charge in [0.25, 0.3) is 0 Å². The fourth-order valence-electron chi connectivity index (χ4n) is 15.3. The number of allylic oxidation sites excluding steroid dienone is 5. The number of aliphatic hydroxyl groups is 2. The van der Waals surface area contributed by atoms with Gasteiger partial charge in [-0.1, -0.05) is 142 Å². The van der Waals surface area contributed by atoms with Crippen LogP contribution in [0.5, 0.6) is 0 Å². The SMILES string of the molecule is C=C1CC[C@H](O)C/C1=C/C=C1CCC[C@]2(C)[C@@H]([C@H](C)CCCC(C)C)CC[C@@H]12.CC(C)CCC[C@@H](C)[C@H]1CC[C@H]2[C@@H]3CC=C4C[C@@H](O)CC[C@]4(C)[C@H]3CC[C@]12C. The van der Waals surface area contributed by atoms with Crippen molar-refractivity contribution in [3.63, 3.8) is 0 Å². The molecule has 0 aliphatic heterocycles. The molecule has 13 atom stereocenters. The number of hydrogen-bond donors (Lipinski definition) is 2. The molecule has 7 rings (SSSR count). The highest BCUT2D eigenvalue weighted by molar-refractivity contribution is 5.36. The van der Waals surface area contributed by atoms with E-state index in [0.717, 1.165) is 91.3 Å². The van der Waals surface area contributed by atoms with Gasteiger partial charge in [-0.05, 0) is 184 Å². The fourth-order valence-corrected chi connectivity index (χ4v) is 15.3. The summed E-state index contributed by atoms with van der Waals surface area (Å²) in [6, 6.07) is 0.